The number of hydrogen-bond donors (Lipinski definition) is 1. The molecule has 0 atom stereocenters. The predicted molar refractivity (Wildman–Crippen MR) is 71.9 cm³/mol. The fraction of sp³-hybridized carbons (Fsp3) is 0.214. The Labute approximate surface area is 106 Å². The van der Waals surface area contributed by atoms with Crippen LogP contribution in [0, 0.1) is 12.7 Å². The van der Waals surface area contributed by atoms with E-state index in [9.17, 15) is 4.39 Å². The number of halogens is 1. The van der Waals surface area contributed by atoms with Gasteiger partial charge in [-0.25, -0.2) is 9.37 Å². The van der Waals surface area contributed by atoms with Crippen LogP contribution in [0.5, 0.6) is 0 Å². The minimum absolute atomic E-state index is 0.227. The molecule has 0 saturated heterocycles. The number of nitrogens with two attached hydrogens (primary N) is 1. The maximum Gasteiger partial charge on any atom is 0.152 e. The number of nitrogens with zero attached hydrogens (tertiary/aromatic N) is 2. The third-order valence-electron chi connectivity index (χ3n) is 2.74. The zero-order chi connectivity index (χ0) is 13.1. The predicted octanol–water partition coefficient (Wildman–Crippen LogP) is 2.75. The van der Waals surface area contributed by atoms with Gasteiger partial charge in [0.05, 0.1) is 5.69 Å². The molecule has 3 nitrogen and oxygen atoms in total. The van der Waals surface area contributed by atoms with Crippen molar-refractivity contribution in [1.29, 1.82) is 0 Å². The molecule has 0 amide bonds. The van der Waals surface area contributed by atoms with Gasteiger partial charge in [-0.2, -0.15) is 0 Å². The second kappa shape index (κ2) is 5.04. The van der Waals surface area contributed by atoms with Crippen molar-refractivity contribution in [1.82, 2.24) is 4.98 Å². The van der Waals surface area contributed by atoms with Gasteiger partial charge in [0, 0.05) is 19.3 Å². The summed E-state index contributed by atoms with van der Waals surface area (Å²) in [5.41, 5.74) is 8.48. The standard InChI is InChI=1S/C14H16FN3/c1-10-3-8-13(16)14(17-10)18(2)9-11-4-6-12(15)7-5-11/h3-8H,9,16H2,1-2H3. The van der Waals surface area contributed by atoms with E-state index in [4.69, 9.17) is 5.73 Å². The Morgan fingerprint density at radius 1 is 1.17 bits per heavy atom. The van der Waals surface area contributed by atoms with Crippen LogP contribution < -0.4 is 10.6 Å². The molecule has 0 saturated carbocycles. The molecule has 0 bridgehead atoms. The van der Waals surface area contributed by atoms with E-state index in [1.807, 2.05) is 31.0 Å². The molecule has 0 spiro atoms. The summed E-state index contributed by atoms with van der Waals surface area (Å²) in [7, 11) is 1.92. The van der Waals surface area contributed by atoms with Crippen molar-refractivity contribution in [2.45, 2.75) is 13.5 Å². The highest BCUT2D eigenvalue weighted by Gasteiger charge is 2.08. The fourth-order valence-corrected chi connectivity index (χ4v) is 1.80. The highest BCUT2D eigenvalue weighted by Crippen LogP contribution is 2.21. The molecule has 0 aliphatic rings. The highest BCUT2D eigenvalue weighted by atomic mass is 19.1. The zero-order valence-corrected chi connectivity index (χ0v) is 10.5. The van der Waals surface area contributed by atoms with Crippen molar-refractivity contribution >= 4 is 11.5 Å². The maximum atomic E-state index is 12.8. The Kier molecular flexibility index (Phi) is 3.46. The van der Waals surface area contributed by atoms with Gasteiger partial charge in [0.1, 0.15) is 5.82 Å². The molecule has 1 aromatic heterocycles. The SMILES string of the molecule is Cc1ccc(N)c(N(C)Cc2ccc(F)cc2)n1. The van der Waals surface area contributed by atoms with E-state index in [-0.39, 0.29) is 5.82 Å². The first-order chi connectivity index (χ1) is 8.56. The summed E-state index contributed by atoms with van der Waals surface area (Å²) < 4.78 is 12.8. The summed E-state index contributed by atoms with van der Waals surface area (Å²) in [6, 6.07) is 10.2. The molecule has 4 heteroatoms. The first kappa shape index (κ1) is 12.4. The van der Waals surface area contributed by atoms with Crippen LogP contribution in [0.25, 0.3) is 0 Å². The van der Waals surface area contributed by atoms with E-state index in [0.29, 0.717) is 12.2 Å². The lowest BCUT2D eigenvalue weighted by atomic mass is 10.2. The summed E-state index contributed by atoms with van der Waals surface area (Å²) in [4.78, 5) is 6.37. The largest absolute Gasteiger partial charge is 0.396 e. The van der Waals surface area contributed by atoms with Crippen molar-refractivity contribution in [2.75, 3.05) is 17.7 Å². The molecule has 0 fully saturated rings. The van der Waals surface area contributed by atoms with Crippen molar-refractivity contribution in [3.05, 3.63) is 53.5 Å². The molecule has 2 N–H and O–H groups in total. The van der Waals surface area contributed by atoms with E-state index < -0.39 is 0 Å². The minimum Gasteiger partial charge on any atom is -0.396 e. The number of hydrogen-bond acceptors (Lipinski definition) is 3. The summed E-state index contributed by atoms with van der Waals surface area (Å²) in [6.07, 6.45) is 0. The molecular formula is C14H16FN3. The summed E-state index contributed by atoms with van der Waals surface area (Å²) in [6.45, 7) is 2.57. The average molecular weight is 245 g/mol. The van der Waals surface area contributed by atoms with Crippen molar-refractivity contribution in [2.24, 2.45) is 0 Å². The Morgan fingerprint density at radius 3 is 2.50 bits per heavy atom. The molecule has 0 unspecified atom stereocenters. The van der Waals surface area contributed by atoms with Gasteiger partial charge in [0.2, 0.25) is 0 Å². The van der Waals surface area contributed by atoms with Gasteiger partial charge in [0.25, 0.3) is 0 Å². The maximum absolute atomic E-state index is 12.8. The molecule has 18 heavy (non-hydrogen) atoms. The molecule has 0 aliphatic heterocycles. The monoisotopic (exact) mass is 245 g/mol. The van der Waals surface area contributed by atoms with Crippen LogP contribution in [-0.4, -0.2) is 12.0 Å². The molecule has 2 aromatic rings. The number of rotatable bonds is 3. The first-order valence-electron chi connectivity index (χ1n) is 5.75. The minimum atomic E-state index is -0.227. The molecule has 94 valence electrons. The Bertz CT molecular complexity index is 537. The lowest BCUT2D eigenvalue weighted by Gasteiger charge is -2.20. The number of anilines is 2. The molecule has 1 heterocycles. The average Bonchev–Trinajstić information content (AvgIpc) is 2.35. The Morgan fingerprint density at radius 2 is 1.83 bits per heavy atom. The van der Waals surface area contributed by atoms with Crippen LogP contribution >= 0.6 is 0 Å². The molecule has 2 rings (SSSR count). The van der Waals surface area contributed by atoms with Crippen LogP contribution in [0.3, 0.4) is 0 Å². The highest BCUT2D eigenvalue weighted by molar-refractivity contribution is 5.62. The molecule has 1 aromatic carbocycles. The second-order valence-corrected chi connectivity index (χ2v) is 4.35. The van der Waals surface area contributed by atoms with Crippen LogP contribution in [0.15, 0.2) is 36.4 Å². The normalized spacial score (nSPS) is 10.4. The number of benzene rings is 1. The van der Waals surface area contributed by atoms with E-state index in [1.54, 1.807) is 12.1 Å². The van der Waals surface area contributed by atoms with Gasteiger partial charge in [0.15, 0.2) is 5.82 Å². The lowest BCUT2D eigenvalue weighted by molar-refractivity contribution is 0.627. The number of nitrogen functional groups attached to an aromatic ring is 1. The van der Waals surface area contributed by atoms with Crippen LogP contribution in [0.4, 0.5) is 15.9 Å². The smallest absolute Gasteiger partial charge is 0.152 e. The topological polar surface area (TPSA) is 42.1 Å². The van der Waals surface area contributed by atoms with Crippen LogP contribution in [0.1, 0.15) is 11.3 Å². The number of aryl methyl sites for hydroxylation is 1. The third-order valence-corrected chi connectivity index (χ3v) is 2.74. The van der Waals surface area contributed by atoms with E-state index in [0.717, 1.165) is 17.1 Å². The molecule has 0 radical (unpaired) electrons. The van der Waals surface area contributed by atoms with Crippen molar-refractivity contribution in [3.63, 3.8) is 0 Å². The summed E-state index contributed by atoms with van der Waals surface area (Å²) >= 11 is 0. The van der Waals surface area contributed by atoms with Crippen LogP contribution in [0.2, 0.25) is 0 Å². The summed E-state index contributed by atoms with van der Waals surface area (Å²) in [5, 5.41) is 0. The molecule has 0 aliphatic carbocycles. The van der Waals surface area contributed by atoms with Gasteiger partial charge >= 0.3 is 0 Å². The van der Waals surface area contributed by atoms with Crippen molar-refractivity contribution in [3.8, 4) is 0 Å². The zero-order valence-electron chi connectivity index (χ0n) is 10.5. The van der Waals surface area contributed by atoms with E-state index >= 15 is 0 Å². The van der Waals surface area contributed by atoms with Gasteiger partial charge in [-0.15, -0.1) is 0 Å². The van der Waals surface area contributed by atoms with Crippen LogP contribution in [-0.2, 0) is 6.54 Å². The van der Waals surface area contributed by atoms with Gasteiger partial charge in [-0.05, 0) is 36.8 Å². The van der Waals surface area contributed by atoms with Gasteiger partial charge in [-0.3, -0.25) is 0 Å². The van der Waals surface area contributed by atoms with Gasteiger partial charge in [-0.1, -0.05) is 12.1 Å². The Balaban J connectivity index is 2.18. The fourth-order valence-electron chi connectivity index (χ4n) is 1.80. The summed E-state index contributed by atoms with van der Waals surface area (Å²) in [5.74, 6) is 0.522. The van der Waals surface area contributed by atoms with Gasteiger partial charge < -0.3 is 10.6 Å². The second-order valence-electron chi connectivity index (χ2n) is 4.35. The van der Waals surface area contributed by atoms with E-state index in [2.05, 4.69) is 4.98 Å². The third kappa shape index (κ3) is 2.77. The molecular weight excluding hydrogens is 229 g/mol. The first-order valence-corrected chi connectivity index (χ1v) is 5.75. The number of aromatic nitrogens is 1. The number of pyridine rings is 1. The van der Waals surface area contributed by atoms with E-state index in [1.165, 1.54) is 12.1 Å². The van der Waals surface area contributed by atoms with Crippen molar-refractivity contribution < 1.29 is 4.39 Å². The Hall–Kier alpha value is -2.10. The quantitative estimate of drug-likeness (QED) is 0.904. The lowest BCUT2D eigenvalue weighted by Crippen LogP contribution is -2.19.